The first-order chi connectivity index (χ1) is 4.33. The molecule has 0 aromatic rings. The maximum atomic E-state index is 4.07. The Hall–Kier alpha value is -0.130. The summed E-state index contributed by atoms with van der Waals surface area (Å²) < 4.78 is 0. The van der Waals surface area contributed by atoms with Crippen molar-refractivity contribution in [1.29, 1.82) is 0 Å². The third-order valence-corrected chi connectivity index (χ3v) is 2.54. The smallest absolute Gasteiger partial charge is 0.0651 e. The maximum absolute atomic E-state index is 4.07. The first kappa shape index (κ1) is 6.98. The summed E-state index contributed by atoms with van der Waals surface area (Å²) >= 11 is 0. The highest BCUT2D eigenvalue weighted by atomic mass is 14.2. The van der Waals surface area contributed by atoms with Crippen LogP contribution in [0.1, 0.15) is 39.0 Å². The molecule has 1 saturated carbocycles. The molecular formula is C9H17+. The van der Waals surface area contributed by atoms with Crippen molar-refractivity contribution in [3.63, 3.8) is 0 Å². The largest absolute Gasteiger partial charge is 0.0953 e. The molecule has 0 heteroatoms. The lowest BCUT2D eigenvalue weighted by molar-refractivity contribution is 0.302. The van der Waals surface area contributed by atoms with Crippen molar-refractivity contribution in [2.24, 2.45) is 11.8 Å². The van der Waals surface area contributed by atoms with E-state index in [4.69, 9.17) is 0 Å². The van der Waals surface area contributed by atoms with Crippen LogP contribution in [0.3, 0.4) is 0 Å². The lowest BCUT2D eigenvalue weighted by atomic mass is 9.82. The van der Waals surface area contributed by atoms with Gasteiger partial charge >= 0.3 is 0 Å². The molecule has 1 fully saturated rings. The molecule has 0 radical (unpaired) electrons. The van der Waals surface area contributed by atoms with Gasteiger partial charge in [0, 0.05) is 0 Å². The topological polar surface area (TPSA) is 0 Å². The molecule has 0 bridgehead atoms. The summed E-state index contributed by atoms with van der Waals surface area (Å²) in [5.74, 6) is 1.80. The van der Waals surface area contributed by atoms with E-state index in [-0.39, 0.29) is 0 Å². The van der Waals surface area contributed by atoms with E-state index in [2.05, 4.69) is 13.8 Å². The summed E-state index contributed by atoms with van der Waals surface area (Å²) in [6.45, 7) is 6.37. The zero-order valence-electron chi connectivity index (χ0n) is 6.40. The van der Waals surface area contributed by atoms with E-state index in [0.29, 0.717) is 0 Å². The minimum absolute atomic E-state index is 0.771. The molecular weight excluding hydrogens is 108 g/mol. The van der Waals surface area contributed by atoms with Crippen LogP contribution < -0.4 is 0 Å². The van der Waals surface area contributed by atoms with Crippen molar-refractivity contribution in [3.8, 4) is 0 Å². The average Bonchev–Trinajstić information content (AvgIpc) is 1.90. The van der Waals surface area contributed by atoms with Crippen LogP contribution in [0.5, 0.6) is 0 Å². The second-order valence-electron chi connectivity index (χ2n) is 3.29. The van der Waals surface area contributed by atoms with Crippen LogP contribution in [-0.4, -0.2) is 0 Å². The zero-order valence-corrected chi connectivity index (χ0v) is 6.40. The van der Waals surface area contributed by atoms with E-state index in [1.54, 1.807) is 0 Å². The van der Waals surface area contributed by atoms with Crippen molar-refractivity contribution < 1.29 is 0 Å². The molecule has 0 aliphatic heterocycles. The Bertz CT molecular complexity index is 68.1. The SMILES string of the molecule is [CH2+]C1CCC(CC)CC1. The predicted molar refractivity (Wildman–Crippen MR) is 41.1 cm³/mol. The molecule has 0 spiro atoms. The van der Waals surface area contributed by atoms with E-state index in [1.165, 1.54) is 32.1 Å². The molecule has 1 rings (SSSR count). The molecule has 0 N–H and O–H groups in total. The number of hydrogen-bond acceptors (Lipinski definition) is 0. The first-order valence-electron chi connectivity index (χ1n) is 4.16. The Labute approximate surface area is 58.7 Å². The van der Waals surface area contributed by atoms with E-state index in [9.17, 15) is 0 Å². The van der Waals surface area contributed by atoms with Gasteiger partial charge in [0.25, 0.3) is 0 Å². The molecule has 52 valence electrons. The van der Waals surface area contributed by atoms with Crippen molar-refractivity contribution >= 4 is 0 Å². The van der Waals surface area contributed by atoms with Crippen LogP contribution in [0.25, 0.3) is 0 Å². The van der Waals surface area contributed by atoms with Crippen molar-refractivity contribution in [2.45, 2.75) is 39.0 Å². The van der Waals surface area contributed by atoms with Gasteiger partial charge in [-0.25, -0.2) is 0 Å². The standard InChI is InChI=1S/C9H17/c1-3-9-6-4-8(2)5-7-9/h8-9H,2-7H2,1H3/q+1. The Kier molecular flexibility index (Phi) is 2.44. The predicted octanol–water partition coefficient (Wildman–Crippen LogP) is 3.04. The Balaban J connectivity index is 2.18. The molecule has 0 atom stereocenters. The highest BCUT2D eigenvalue weighted by Gasteiger charge is 2.19. The molecule has 9 heavy (non-hydrogen) atoms. The molecule has 0 aromatic heterocycles. The molecule has 0 saturated heterocycles. The van der Waals surface area contributed by atoms with Gasteiger partial charge in [-0.1, -0.05) is 13.3 Å². The van der Waals surface area contributed by atoms with Crippen LogP contribution in [0, 0.1) is 18.8 Å². The summed E-state index contributed by atoms with van der Waals surface area (Å²) in [5.41, 5.74) is 0. The molecule has 1 aliphatic rings. The normalized spacial score (nSPS) is 36.6. The fraction of sp³-hybridized carbons (Fsp3) is 0.889. The fourth-order valence-corrected chi connectivity index (χ4v) is 1.64. The van der Waals surface area contributed by atoms with Crippen LogP contribution in [0.4, 0.5) is 0 Å². The monoisotopic (exact) mass is 125 g/mol. The lowest BCUT2D eigenvalue weighted by Crippen LogP contribution is -2.11. The van der Waals surface area contributed by atoms with Crippen LogP contribution >= 0.6 is 0 Å². The highest BCUT2D eigenvalue weighted by Crippen LogP contribution is 2.29. The molecule has 0 aromatic carbocycles. The van der Waals surface area contributed by atoms with Gasteiger partial charge in [0.15, 0.2) is 0 Å². The third kappa shape index (κ3) is 1.92. The number of hydrogen-bond donors (Lipinski definition) is 0. The minimum atomic E-state index is 0.771. The highest BCUT2D eigenvalue weighted by molar-refractivity contribution is 4.72. The Morgan fingerprint density at radius 1 is 1.22 bits per heavy atom. The Morgan fingerprint density at radius 2 is 1.78 bits per heavy atom. The summed E-state index contributed by atoms with van der Waals surface area (Å²) in [6.07, 6.45) is 7.00. The fourth-order valence-electron chi connectivity index (χ4n) is 1.64. The van der Waals surface area contributed by atoms with E-state index in [1.807, 2.05) is 0 Å². The van der Waals surface area contributed by atoms with Gasteiger partial charge in [-0.2, -0.15) is 0 Å². The molecule has 0 unspecified atom stereocenters. The third-order valence-electron chi connectivity index (χ3n) is 2.54. The second-order valence-corrected chi connectivity index (χ2v) is 3.29. The quantitative estimate of drug-likeness (QED) is 0.472. The van der Waals surface area contributed by atoms with Crippen molar-refractivity contribution in [3.05, 3.63) is 6.92 Å². The average molecular weight is 125 g/mol. The van der Waals surface area contributed by atoms with Crippen LogP contribution in [0.15, 0.2) is 0 Å². The lowest BCUT2D eigenvalue weighted by Gasteiger charge is -2.21. The molecule has 1 aliphatic carbocycles. The summed E-state index contributed by atoms with van der Waals surface area (Å²) in [5, 5.41) is 0. The molecule has 0 heterocycles. The van der Waals surface area contributed by atoms with E-state index < -0.39 is 0 Å². The molecule has 0 nitrogen and oxygen atoms in total. The zero-order chi connectivity index (χ0) is 6.69. The van der Waals surface area contributed by atoms with Crippen molar-refractivity contribution in [2.75, 3.05) is 0 Å². The maximum Gasteiger partial charge on any atom is 0.0953 e. The van der Waals surface area contributed by atoms with Gasteiger partial charge in [-0.15, -0.1) is 0 Å². The summed E-state index contributed by atoms with van der Waals surface area (Å²) in [6, 6.07) is 0. The minimum Gasteiger partial charge on any atom is -0.0651 e. The molecule has 0 amide bonds. The number of rotatable bonds is 1. The van der Waals surface area contributed by atoms with Gasteiger partial charge in [0.2, 0.25) is 0 Å². The summed E-state index contributed by atoms with van der Waals surface area (Å²) in [7, 11) is 0. The van der Waals surface area contributed by atoms with Gasteiger partial charge in [0.1, 0.15) is 0 Å². The van der Waals surface area contributed by atoms with Crippen LogP contribution in [-0.2, 0) is 0 Å². The van der Waals surface area contributed by atoms with Gasteiger partial charge in [-0.05, 0) is 31.6 Å². The van der Waals surface area contributed by atoms with Gasteiger partial charge in [0.05, 0.1) is 12.8 Å². The van der Waals surface area contributed by atoms with Gasteiger partial charge in [-0.3, -0.25) is 0 Å². The second kappa shape index (κ2) is 3.14. The van der Waals surface area contributed by atoms with Crippen molar-refractivity contribution in [1.82, 2.24) is 0 Å². The van der Waals surface area contributed by atoms with E-state index in [0.717, 1.165) is 11.8 Å². The first-order valence-corrected chi connectivity index (χ1v) is 4.16. The Morgan fingerprint density at radius 3 is 2.22 bits per heavy atom. The summed E-state index contributed by atoms with van der Waals surface area (Å²) in [4.78, 5) is 0. The van der Waals surface area contributed by atoms with Crippen LogP contribution in [0.2, 0.25) is 0 Å². The van der Waals surface area contributed by atoms with E-state index >= 15 is 0 Å². The van der Waals surface area contributed by atoms with Gasteiger partial charge < -0.3 is 0 Å².